The third-order valence-electron chi connectivity index (χ3n) is 0.586. The molecule has 0 N–H and O–H groups in total. The van der Waals surface area contributed by atoms with Gasteiger partial charge in [-0.25, -0.2) is 12.2 Å². The van der Waals surface area contributed by atoms with Crippen LogP contribution in [-0.2, 0) is 21.7 Å². The third-order valence-corrected chi connectivity index (χ3v) is 0.586. The SMILES string of the molecule is C[N-]C.[C-]1=CC=CC1.[CH3-].[CH3-].[CH3-].[CH3-].[CH3-].[CH3-].[Ti]. The maximum Gasteiger partial charge on any atom is 0 e. The quantitative estimate of drug-likeness (QED) is 0.438. The second kappa shape index (κ2) is 64.7. The van der Waals surface area contributed by atoms with Gasteiger partial charge in [-0.2, -0.15) is 20.2 Å². The molecule has 0 bridgehead atoms. The largest absolute Gasteiger partial charge is 0.668 e. The van der Waals surface area contributed by atoms with Gasteiger partial charge in [0.25, 0.3) is 0 Å². The van der Waals surface area contributed by atoms with Crippen molar-refractivity contribution in [2.45, 2.75) is 6.42 Å². The molecule has 0 spiro atoms. The average molecular weight is 247 g/mol. The normalized spacial score (nSPS) is 7.07. The summed E-state index contributed by atoms with van der Waals surface area (Å²) in [7, 11) is 3.50. The first-order chi connectivity index (χ1) is 3.91. The second-order valence-corrected chi connectivity index (χ2v) is 1.45. The van der Waals surface area contributed by atoms with Crippen molar-refractivity contribution in [1.29, 1.82) is 0 Å². The van der Waals surface area contributed by atoms with Crippen molar-refractivity contribution in [2.24, 2.45) is 0 Å². The molecule has 15 heavy (non-hydrogen) atoms. The Morgan fingerprint density at radius 3 is 1.33 bits per heavy atom. The molecule has 0 atom stereocenters. The molecule has 0 saturated heterocycles. The van der Waals surface area contributed by atoms with Crippen LogP contribution >= 0.6 is 0 Å². The topological polar surface area (TPSA) is 14.1 Å². The van der Waals surface area contributed by atoms with Crippen LogP contribution in [0.25, 0.3) is 5.32 Å². The van der Waals surface area contributed by atoms with E-state index >= 15 is 0 Å². The minimum absolute atomic E-state index is 0. The second-order valence-electron chi connectivity index (χ2n) is 1.45. The predicted molar refractivity (Wildman–Crippen MR) is 75.3 cm³/mol. The molecule has 0 aromatic carbocycles. The molecule has 0 fully saturated rings. The Bertz CT molecular complexity index is 78.5. The molecular formula is C13H29NTi-8. The smallest absolute Gasteiger partial charge is 0 e. The van der Waals surface area contributed by atoms with Crippen LogP contribution in [0.1, 0.15) is 6.42 Å². The molecule has 0 aliphatic heterocycles. The van der Waals surface area contributed by atoms with Gasteiger partial charge >= 0.3 is 0 Å². The number of hydrogen-bond acceptors (Lipinski definition) is 0. The molecule has 0 radical (unpaired) electrons. The van der Waals surface area contributed by atoms with Crippen LogP contribution in [0, 0.1) is 50.6 Å². The van der Waals surface area contributed by atoms with Gasteiger partial charge in [0.15, 0.2) is 0 Å². The van der Waals surface area contributed by atoms with E-state index in [2.05, 4.69) is 17.5 Å². The Labute approximate surface area is 116 Å². The minimum Gasteiger partial charge on any atom is -0.668 e. The van der Waals surface area contributed by atoms with Gasteiger partial charge in [0.05, 0.1) is 0 Å². The van der Waals surface area contributed by atoms with E-state index in [9.17, 15) is 0 Å². The zero-order valence-electron chi connectivity index (χ0n) is 11.9. The van der Waals surface area contributed by atoms with Crippen LogP contribution in [0.3, 0.4) is 0 Å². The van der Waals surface area contributed by atoms with Crippen LogP contribution in [-0.4, -0.2) is 14.1 Å². The van der Waals surface area contributed by atoms with Crippen molar-refractivity contribution in [3.8, 4) is 0 Å². The van der Waals surface area contributed by atoms with Crippen LogP contribution in [0.2, 0.25) is 0 Å². The molecule has 1 aliphatic rings. The molecule has 0 aromatic rings. The van der Waals surface area contributed by atoms with E-state index in [-0.39, 0.29) is 66.3 Å². The third kappa shape index (κ3) is 78.7. The van der Waals surface area contributed by atoms with Gasteiger partial charge in [-0.05, 0) is 0 Å². The fourth-order valence-electron chi connectivity index (χ4n) is 0.340. The van der Waals surface area contributed by atoms with Crippen molar-refractivity contribution < 1.29 is 21.7 Å². The van der Waals surface area contributed by atoms with Crippen LogP contribution < -0.4 is 0 Å². The summed E-state index contributed by atoms with van der Waals surface area (Å²) in [5, 5.41) is 3.50. The molecule has 98 valence electrons. The van der Waals surface area contributed by atoms with E-state index in [1.807, 2.05) is 12.2 Å². The molecule has 0 unspecified atom stereocenters. The molecule has 0 amide bonds. The molecule has 1 rings (SSSR count). The zero-order valence-corrected chi connectivity index (χ0v) is 13.4. The van der Waals surface area contributed by atoms with Gasteiger partial charge in [0.1, 0.15) is 0 Å². The van der Waals surface area contributed by atoms with E-state index in [1.54, 1.807) is 14.1 Å². The molecule has 2 heteroatoms. The maximum atomic E-state index is 3.50. The minimum atomic E-state index is 0. The fraction of sp³-hybridized carbons (Fsp3) is 0.231. The van der Waals surface area contributed by atoms with E-state index < -0.39 is 0 Å². The van der Waals surface area contributed by atoms with Gasteiger partial charge in [0.2, 0.25) is 0 Å². The Balaban J connectivity index is -0.00000000778. The zero-order chi connectivity index (χ0) is 6.24. The first-order valence-corrected chi connectivity index (χ1v) is 2.61. The van der Waals surface area contributed by atoms with Crippen molar-refractivity contribution in [3.63, 3.8) is 0 Å². The van der Waals surface area contributed by atoms with Gasteiger partial charge < -0.3 is 49.9 Å². The van der Waals surface area contributed by atoms with Crippen molar-refractivity contribution in [2.75, 3.05) is 14.1 Å². The Morgan fingerprint density at radius 2 is 1.27 bits per heavy atom. The van der Waals surface area contributed by atoms with E-state index in [4.69, 9.17) is 0 Å². The summed E-state index contributed by atoms with van der Waals surface area (Å²) in [5.41, 5.74) is 0. The average Bonchev–Trinajstić information content (AvgIpc) is 2.17. The molecular weight excluding hydrogens is 218 g/mol. The standard InChI is InChI=1S/C5H5.C2H6N.6CH3.Ti/c1-2-4-5-3-1;1-3-2;;;;;;;/h1-3H,4H2;1-2H3;6*1H3;/q8*-1;. The van der Waals surface area contributed by atoms with Gasteiger partial charge in [0, 0.05) is 21.7 Å². The number of rotatable bonds is 0. The van der Waals surface area contributed by atoms with Crippen LogP contribution in [0.4, 0.5) is 0 Å². The molecule has 1 nitrogen and oxygen atoms in total. The first-order valence-electron chi connectivity index (χ1n) is 2.61. The maximum absolute atomic E-state index is 3.50. The van der Waals surface area contributed by atoms with E-state index in [0.29, 0.717) is 0 Å². The molecule has 0 heterocycles. The molecule has 1 aliphatic carbocycles. The summed E-state index contributed by atoms with van der Waals surface area (Å²) in [4.78, 5) is 0. The Morgan fingerprint density at radius 1 is 0.933 bits per heavy atom. The summed E-state index contributed by atoms with van der Waals surface area (Å²) in [6.45, 7) is 0. The predicted octanol–water partition coefficient (Wildman–Crippen LogP) is 4.62. The van der Waals surface area contributed by atoms with Gasteiger partial charge in [-0.1, -0.05) is 0 Å². The number of nitrogens with zero attached hydrogens (tertiary/aromatic N) is 1. The van der Waals surface area contributed by atoms with Gasteiger partial charge in [-0.3, -0.25) is 6.08 Å². The fourth-order valence-corrected chi connectivity index (χ4v) is 0.340. The van der Waals surface area contributed by atoms with Gasteiger partial charge in [-0.15, -0.1) is 6.42 Å². The number of hydrogen-bond donors (Lipinski definition) is 0. The Kier molecular flexibility index (Phi) is 256. The first kappa shape index (κ1) is 59.3. The summed E-state index contributed by atoms with van der Waals surface area (Å²) in [6, 6.07) is 0. The van der Waals surface area contributed by atoms with Crippen molar-refractivity contribution in [1.82, 2.24) is 0 Å². The molecule has 0 saturated carbocycles. The Hall–Kier alpha value is 0.154. The number of allylic oxidation sites excluding steroid dienone is 4. The monoisotopic (exact) mass is 247 g/mol. The van der Waals surface area contributed by atoms with E-state index in [0.717, 1.165) is 6.42 Å². The summed E-state index contributed by atoms with van der Waals surface area (Å²) in [6.07, 6.45) is 10.0. The molecule has 0 aromatic heterocycles. The summed E-state index contributed by atoms with van der Waals surface area (Å²) in [5.74, 6) is 0. The van der Waals surface area contributed by atoms with E-state index in [1.165, 1.54) is 0 Å². The summed E-state index contributed by atoms with van der Waals surface area (Å²) < 4.78 is 0. The van der Waals surface area contributed by atoms with Crippen LogP contribution in [0.5, 0.6) is 0 Å². The van der Waals surface area contributed by atoms with Crippen molar-refractivity contribution in [3.05, 3.63) is 74.2 Å². The summed E-state index contributed by atoms with van der Waals surface area (Å²) >= 11 is 0. The van der Waals surface area contributed by atoms with Crippen LogP contribution in [0.15, 0.2) is 18.2 Å². The van der Waals surface area contributed by atoms with Crippen molar-refractivity contribution >= 4 is 0 Å².